The molecular weight excluding hydrogens is 401 g/mol. The number of hydrogen-bond acceptors (Lipinski definition) is 3. The van der Waals surface area contributed by atoms with E-state index < -0.39 is 10.0 Å². The van der Waals surface area contributed by atoms with Crippen LogP contribution in [-0.2, 0) is 16.6 Å². The van der Waals surface area contributed by atoms with E-state index in [4.69, 9.17) is 0 Å². The fourth-order valence-electron chi connectivity index (χ4n) is 4.17. The van der Waals surface area contributed by atoms with E-state index in [1.165, 1.54) is 16.4 Å². The molecule has 1 aliphatic heterocycles. The van der Waals surface area contributed by atoms with E-state index in [1.54, 1.807) is 12.1 Å². The van der Waals surface area contributed by atoms with Crippen LogP contribution in [0.4, 0.5) is 4.39 Å². The minimum atomic E-state index is -3.60. The quantitative estimate of drug-likeness (QED) is 0.509. The van der Waals surface area contributed by atoms with Crippen molar-refractivity contribution in [3.05, 3.63) is 83.6 Å². The van der Waals surface area contributed by atoms with Gasteiger partial charge in [-0.15, -0.1) is 0 Å². The molecule has 0 spiro atoms. The van der Waals surface area contributed by atoms with Crippen LogP contribution in [0.1, 0.15) is 29.9 Å². The number of pyridine rings is 1. The number of aryl methyl sites for hydroxylation is 1. The number of nitrogens with zero attached hydrogens (tertiary/aromatic N) is 2. The lowest BCUT2D eigenvalue weighted by Gasteiger charge is -2.19. The summed E-state index contributed by atoms with van der Waals surface area (Å²) in [6, 6.07) is 15.3. The Balaban J connectivity index is 1.56. The highest BCUT2D eigenvalue weighted by molar-refractivity contribution is 7.89. The third-order valence-electron chi connectivity index (χ3n) is 5.70. The minimum absolute atomic E-state index is 0.224. The number of H-pyrrole nitrogens is 1. The molecule has 1 atom stereocenters. The predicted molar refractivity (Wildman–Crippen MR) is 114 cm³/mol. The summed E-state index contributed by atoms with van der Waals surface area (Å²) in [5, 5.41) is 0.894. The first-order valence-corrected chi connectivity index (χ1v) is 11.1. The van der Waals surface area contributed by atoms with E-state index in [2.05, 4.69) is 9.97 Å². The predicted octanol–water partition coefficient (Wildman–Crippen LogP) is 4.94. The molecule has 0 bridgehead atoms. The molecule has 0 saturated carbocycles. The first kappa shape index (κ1) is 19.0. The first-order valence-electron chi connectivity index (χ1n) is 9.70. The number of rotatable bonds is 3. The Morgan fingerprint density at radius 1 is 1.13 bits per heavy atom. The van der Waals surface area contributed by atoms with Gasteiger partial charge in [0.1, 0.15) is 5.82 Å². The van der Waals surface area contributed by atoms with Crippen LogP contribution in [-0.4, -0.2) is 22.7 Å². The van der Waals surface area contributed by atoms with E-state index in [9.17, 15) is 12.8 Å². The number of benzene rings is 2. The van der Waals surface area contributed by atoms with Crippen molar-refractivity contribution < 1.29 is 12.8 Å². The maximum absolute atomic E-state index is 13.5. The molecule has 5 rings (SSSR count). The number of fused-ring (bicyclic) bond motifs is 2. The monoisotopic (exact) mass is 421 g/mol. The van der Waals surface area contributed by atoms with Crippen molar-refractivity contribution in [2.24, 2.45) is 0 Å². The molecule has 0 amide bonds. The number of sulfonamides is 1. The molecule has 0 radical (unpaired) electrons. The largest absolute Gasteiger partial charge is 0.360 e. The second-order valence-corrected chi connectivity index (χ2v) is 9.50. The highest BCUT2D eigenvalue weighted by Crippen LogP contribution is 2.42. The zero-order chi connectivity index (χ0) is 21.0. The fourth-order valence-corrected chi connectivity index (χ4v) is 6.03. The van der Waals surface area contributed by atoms with Crippen molar-refractivity contribution in [3.8, 4) is 11.1 Å². The minimum Gasteiger partial charge on any atom is -0.360 e. The summed E-state index contributed by atoms with van der Waals surface area (Å²) < 4.78 is 41.4. The summed E-state index contributed by atoms with van der Waals surface area (Å²) in [6.45, 7) is 4.01. The van der Waals surface area contributed by atoms with Crippen LogP contribution in [0, 0.1) is 12.7 Å². The number of nitrogens with one attached hydrogen (secondary N) is 1. The summed E-state index contributed by atoms with van der Waals surface area (Å²) in [5.74, 6) is -0.301. The molecule has 0 fully saturated rings. The van der Waals surface area contributed by atoms with Crippen LogP contribution >= 0.6 is 0 Å². The Labute approximate surface area is 174 Å². The third-order valence-corrected chi connectivity index (χ3v) is 7.69. The zero-order valence-electron chi connectivity index (χ0n) is 16.6. The number of halogens is 1. The van der Waals surface area contributed by atoms with Gasteiger partial charge in [0.05, 0.1) is 17.1 Å². The SMILES string of the molecule is Cc1cccc(CN2C(C)c3cc(-c4c[nH]c5cc(F)ccc45)ccc3S2(=O)=O)n1. The van der Waals surface area contributed by atoms with E-state index in [1.807, 2.05) is 50.4 Å². The van der Waals surface area contributed by atoms with Crippen molar-refractivity contribution in [2.45, 2.75) is 31.3 Å². The maximum Gasteiger partial charge on any atom is 0.244 e. The molecule has 152 valence electrons. The molecule has 1 aliphatic rings. The van der Waals surface area contributed by atoms with Gasteiger partial charge in [0.15, 0.2) is 0 Å². The second-order valence-electron chi connectivity index (χ2n) is 7.64. The Morgan fingerprint density at radius 3 is 2.77 bits per heavy atom. The Kier molecular flexibility index (Phi) is 4.27. The van der Waals surface area contributed by atoms with Crippen LogP contribution in [0.5, 0.6) is 0 Å². The zero-order valence-corrected chi connectivity index (χ0v) is 17.4. The number of aromatic nitrogens is 2. The summed E-state index contributed by atoms with van der Waals surface area (Å²) >= 11 is 0. The maximum atomic E-state index is 13.5. The van der Waals surface area contributed by atoms with E-state index in [0.29, 0.717) is 10.4 Å². The molecule has 30 heavy (non-hydrogen) atoms. The normalized spacial score (nSPS) is 18.0. The van der Waals surface area contributed by atoms with Crippen molar-refractivity contribution in [2.75, 3.05) is 0 Å². The van der Waals surface area contributed by atoms with Gasteiger partial charge in [0, 0.05) is 34.4 Å². The summed E-state index contributed by atoms with van der Waals surface area (Å²) in [6.07, 6.45) is 1.83. The van der Waals surface area contributed by atoms with Gasteiger partial charge in [-0.2, -0.15) is 4.31 Å². The van der Waals surface area contributed by atoms with Crippen LogP contribution in [0.15, 0.2) is 65.7 Å². The molecule has 3 heterocycles. The molecule has 1 unspecified atom stereocenters. The lowest BCUT2D eigenvalue weighted by atomic mass is 9.99. The van der Waals surface area contributed by atoms with Gasteiger partial charge in [0.25, 0.3) is 0 Å². The highest BCUT2D eigenvalue weighted by atomic mass is 32.2. The van der Waals surface area contributed by atoms with Crippen molar-refractivity contribution in [1.29, 1.82) is 0 Å². The first-order chi connectivity index (χ1) is 14.3. The molecular formula is C23H20FN3O2S. The van der Waals surface area contributed by atoms with Crippen LogP contribution in [0.2, 0.25) is 0 Å². The van der Waals surface area contributed by atoms with E-state index in [0.717, 1.165) is 33.5 Å². The molecule has 0 aliphatic carbocycles. The van der Waals surface area contributed by atoms with Gasteiger partial charge < -0.3 is 4.98 Å². The second kappa shape index (κ2) is 6.75. The third kappa shape index (κ3) is 2.93. The van der Waals surface area contributed by atoms with E-state index >= 15 is 0 Å². The molecule has 1 N–H and O–H groups in total. The average molecular weight is 421 g/mol. The van der Waals surface area contributed by atoms with Crippen LogP contribution < -0.4 is 0 Å². The Morgan fingerprint density at radius 2 is 1.97 bits per heavy atom. The topological polar surface area (TPSA) is 66.1 Å². The lowest BCUT2D eigenvalue weighted by molar-refractivity contribution is 0.350. The average Bonchev–Trinajstić information content (AvgIpc) is 3.20. The van der Waals surface area contributed by atoms with Gasteiger partial charge >= 0.3 is 0 Å². The van der Waals surface area contributed by atoms with Crippen LogP contribution in [0.3, 0.4) is 0 Å². The molecule has 7 heteroatoms. The Bertz CT molecular complexity index is 1390. The van der Waals surface area contributed by atoms with Crippen LogP contribution in [0.25, 0.3) is 22.0 Å². The fraction of sp³-hybridized carbons (Fsp3) is 0.174. The number of aromatic amines is 1. The molecule has 0 saturated heterocycles. The van der Waals surface area contributed by atoms with Crippen molar-refractivity contribution in [3.63, 3.8) is 0 Å². The lowest BCUT2D eigenvalue weighted by Crippen LogP contribution is -2.27. The van der Waals surface area contributed by atoms with E-state index in [-0.39, 0.29) is 18.4 Å². The van der Waals surface area contributed by atoms with Crippen molar-refractivity contribution in [1.82, 2.24) is 14.3 Å². The van der Waals surface area contributed by atoms with Crippen molar-refractivity contribution >= 4 is 20.9 Å². The molecule has 2 aromatic heterocycles. The molecule has 2 aromatic carbocycles. The molecule has 4 aromatic rings. The summed E-state index contributed by atoms with van der Waals surface area (Å²) in [7, 11) is -3.60. The van der Waals surface area contributed by atoms with Gasteiger partial charge in [-0.1, -0.05) is 12.1 Å². The highest BCUT2D eigenvalue weighted by Gasteiger charge is 2.40. The van der Waals surface area contributed by atoms with Gasteiger partial charge in [-0.05, 0) is 67.4 Å². The molecule has 5 nitrogen and oxygen atoms in total. The Hall–Kier alpha value is -3.03. The van der Waals surface area contributed by atoms with Gasteiger partial charge in [0.2, 0.25) is 10.0 Å². The summed E-state index contributed by atoms with van der Waals surface area (Å²) in [5.41, 5.74) is 4.85. The number of hydrogen-bond donors (Lipinski definition) is 1. The standard InChI is InChI=1S/C23H20FN3O2S/c1-14-4-3-5-18(26-14)13-27-15(2)20-10-16(6-9-23(20)30(27,28)29)21-12-25-22-11-17(24)7-8-19(21)22/h3-12,15,25H,13H2,1-2H3. The summed E-state index contributed by atoms with van der Waals surface area (Å²) in [4.78, 5) is 7.88. The van der Waals surface area contributed by atoms with Gasteiger partial charge in [-0.25, -0.2) is 12.8 Å². The van der Waals surface area contributed by atoms with Gasteiger partial charge in [-0.3, -0.25) is 4.98 Å². The smallest absolute Gasteiger partial charge is 0.244 e.